The van der Waals surface area contributed by atoms with Crippen LogP contribution < -0.4 is 10.7 Å². The van der Waals surface area contributed by atoms with Gasteiger partial charge in [0.15, 0.2) is 12.0 Å². The Morgan fingerprint density at radius 3 is 3.04 bits per heavy atom. The number of aliphatic hydroxyl groups excluding tert-OH is 1. The van der Waals surface area contributed by atoms with E-state index in [1.165, 1.54) is 29.1 Å². The lowest BCUT2D eigenvalue weighted by Crippen LogP contribution is -2.47. The summed E-state index contributed by atoms with van der Waals surface area (Å²) in [4.78, 5) is 30.5. The van der Waals surface area contributed by atoms with Gasteiger partial charge >= 0.3 is 0 Å². The summed E-state index contributed by atoms with van der Waals surface area (Å²) in [6.45, 7) is 2.30. The number of aliphatic hydroxyl groups is 1. The number of carbonyl (C=O) groups excluding carboxylic acids is 1. The van der Waals surface area contributed by atoms with Crippen molar-refractivity contribution in [3.8, 4) is 5.75 Å². The normalized spacial score (nSPS) is 23.9. The van der Waals surface area contributed by atoms with Crippen molar-refractivity contribution >= 4 is 5.91 Å². The summed E-state index contributed by atoms with van der Waals surface area (Å²) < 4.78 is 20.7. The number of hydrogen-bond donors (Lipinski definition) is 3. The Kier molecular flexibility index (Phi) is 4.61. The van der Waals surface area contributed by atoms with Gasteiger partial charge in [0, 0.05) is 18.4 Å². The molecule has 2 aliphatic rings. The van der Waals surface area contributed by atoms with E-state index < -0.39 is 35.4 Å². The van der Waals surface area contributed by atoms with Crippen LogP contribution in [-0.4, -0.2) is 49.4 Å². The first-order chi connectivity index (χ1) is 13.4. The number of rotatable bonds is 3. The Morgan fingerprint density at radius 1 is 1.50 bits per heavy atom. The first kappa shape index (κ1) is 18.5. The first-order valence-electron chi connectivity index (χ1n) is 8.79. The summed E-state index contributed by atoms with van der Waals surface area (Å²) in [5.41, 5.74) is -1.18. The van der Waals surface area contributed by atoms with E-state index in [2.05, 4.69) is 10.3 Å². The highest BCUT2D eigenvalue weighted by Crippen LogP contribution is 2.36. The lowest BCUT2D eigenvalue weighted by molar-refractivity contribution is -0.105. The maximum absolute atomic E-state index is 13.6. The fourth-order valence-corrected chi connectivity index (χ4v) is 3.62. The number of hydrogen-bond acceptors (Lipinski definition) is 7. The minimum absolute atomic E-state index is 0.0194. The van der Waals surface area contributed by atoms with Crippen molar-refractivity contribution in [2.45, 2.75) is 38.5 Å². The molecule has 28 heavy (non-hydrogen) atoms. The maximum atomic E-state index is 13.6. The highest BCUT2D eigenvalue weighted by Gasteiger charge is 2.43. The van der Waals surface area contributed by atoms with Crippen molar-refractivity contribution < 1.29 is 24.1 Å². The highest BCUT2D eigenvalue weighted by molar-refractivity contribution is 5.94. The van der Waals surface area contributed by atoms with Crippen LogP contribution >= 0.6 is 0 Å². The van der Waals surface area contributed by atoms with Gasteiger partial charge in [-0.25, -0.2) is 9.29 Å². The predicted octanol–water partition coefficient (Wildman–Crippen LogP) is 0.0693. The number of fused-ring (bicyclic) bond motifs is 2. The lowest BCUT2D eigenvalue weighted by atomic mass is 10.1. The molecule has 9 nitrogen and oxygen atoms in total. The zero-order chi connectivity index (χ0) is 20.0. The standard InChI is InChI=1S/C18H19FN4O5/c1-9-8-28-13-7-22-6-10(15(24)16(25)14(22)18(27)23(9)13)17(26)21-5-12-11(19)3-2-4-20-12/h2-4,6,9,13,18,25,27H,5,7-8H2,1H3,(H,21,26)/t9-,13+,18?/m0/s1. The third-order valence-electron chi connectivity index (χ3n) is 5.04. The Hall–Kier alpha value is -2.82. The largest absolute Gasteiger partial charge is 0.503 e. The molecular weight excluding hydrogens is 371 g/mol. The molecule has 148 valence electrons. The molecule has 2 aliphatic heterocycles. The second-order valence-electron chi connectivity index (χ2n) is 6.83. The number of aromatic nitrogens is 2. The molecule has 0 bridgehead atoms. The Morgan fingerprint density at radius 2 is 2.29 bits per heavy atom. The average Bonchev–Trinajstić information content (AvgIpc) is 3.04. The fourth-order valence-electron chi connectivity index (χ4n) is 3.62. The van der Waals surface area contributed by atoms with Crippen molar-refractivity contribution in [2.75, 3.05) is 6.61 Å². The van der Waals surface area contributed by atoms with Gasteiger partial charge in [0.1, 0.15) is 23.3 Å². The van der Waals surface area contributed by atoms with Crippen molar-refractivity contribution in [2.24, 2.45) is 0 Å². The molecule has 0 radical (unpaired) electrons. The molecule has 3 N–H and O–H groups in total. The van der Waals surface area contributed by atoms with Crippen LogP contribution in [-0.2, 0) is 17.8 Å². The summed E-state index contributed by atoms with van der Waals surface area (Å²) in [5.74, 6) is -2.05. The summed E-state index contributed by atoms with van der Waals surface area (Å²) >= 11 is 0. The van der Waals surface area contributed by atoms with E-state index in [0.29, 0.717) is 6.61 Å². The molecule has 4 heterocycles. The Labute approximate surface area is 159 Å². The first-order valence-corrected chi connectivity index (χ1v) is 8.79. The molecule has 0 spiro atoms. The van der Waals surface area contributed by atoms with Crippen LogP contribution in [0.15, 0.2) is 29.3 Å². The fraction of sp³-hybridized carbons (Fsp3) is 0.389. The van der Waals surface area contributed by atoms with Crippen LogP contribution in [0.5, 0.6) is 5.75 Å². The minimum Gasteiger partial charge on any atom is -0.503 e. The number of amides is 1. The number of aromatic hydroxyl groups is 1. The van der Waals surface area contributed by atoms with E-state index >= 15 is 0 Å². The molecule has 3 atom stereocenters. The predicted molar refractivity (Wildman–Crippen MR) is 93.7 cm³/mol. The third kappa shape index (κ3) is 2.95. The van der Waals surface area contributed by atoms with Crippen LogP contribution in [0.25, 0.3) is 0 Å². The molecule has 0 saturated carbocycles. The number of nitrogens with zero attached hydrogens (tertiary/aromatic N) is 3. The third-order valence-corrected chi connectivity index (χ3v) is 5.04. The zero-order valence-corrected chi connectivity index (χ0v) is 15.0. The minimum atomic E-state index is -1.23. The van der Waals surface area contributed by atoms with Gasteiger partial charge in [-0.3, -0.25) is 14.6 Å². The molecule has 10 heteroatoms. The SMILES string of the molecule is C[C@H]1CO[C@@H]2Cn3cc(C(=O)NCc4ncccc4F)c(=O)c(O)c3C(O)N12. The average molecular weight is 390 g/mol. The van der Waals surface area contributed by atoms with E-state index in [9.17, 15) is 24.2 Å². The van der Waals surface area contributed by atoms with Crippen molar-refractivity contribution in [1.82, 2.24) is 19.8 Å². The van der Waals surface area contributed by atoms with Crippen molar-refractivity contribution in [3.63, 3.8) is 0 Å². The lowest BCUT2D eigenvalue weighted by Gasteiger charge is -2.38. The van der Waals surface area contributed by atoms with Gasteiger partial charge in [-0.15, -0.1) is 0 Å². The van der Waals surface area contributed by atoms with Gasteiger partial charge in [0.05, 0.1) is 25.4 Å². The zero-order valence-electron chi connectivity index (χ0n) is 15.0. The van der Waals surface area contributed by atoms with Crippen molar-refractivity contribution in [3.05, 3.63) is 57.5 Å². The van der Waals surface area contributed by atoms with Gasteiger partial charge in [0.2, 0.25) is 5.43 Å². The van der Waals surface area contributed by atoms with Crippen LogP contribution in [0.1, 0.15) is 34.9 Å². The van der Waals surface area contributed by atoms with E-state index in [4.69, 9.17) is 4.74 Å². The molecule has 2 aromatic rings. The van der Waals surface area contributed by atoms with Gasteiger partial charge in [-0.05, 0) is 19.1 Å². The molecule has 0 aliphatic carbocycles. The summed E-state index contributed by atoms with van der Waals surface area (Å²) in [7, 11) is 0. The number of ether oxygens (including phenoxy) is 1. The van der Waals surface area contributed by atoms with Gasteiger partial charge in [0.25, 0.3) is 5.91 Å². The molecule has 0 aromatic carbocycles. The number of halogens is 1. The van der Waals surface area contributed by atoms with E-state index in [1.54, 1.807) is 4.90 Å². The highest BCUT2D eigenvalue weighted by atomic mass is 19.1. The topological polar surface area (TPSA) is 117 Å². The van der Waals surface area contributed by atoms with Crippen molar-refractivity contribution in [1.29, 1.82) is 0 Å². The second kappa shape index (κ2) is 6.97. The molecule has 1 unspecified atom stereocenters. The van der Waals surface area contributed by atoms with Crippen LogP contribution in [0.2, 0.25) is 0 Å². The maximum Gasteiger partial charge on any atom is 0.257 e. The Balaban J connectivity index is 1.63. The van der Waals surface area contributed by atoms with E-state index in [0.717, 1.165) is 0 Å². The Bertz CT molecular complexity index is 994. The molecule has 4 rings (SSSR count). The molecule has 1 fully saturated rings. The molecular formula is C18H19FN4O5. The molecule has 1 saturated heterocycles. The van der Waals surface area contributed by atoms with Gasteiger partial charge < -0.3 is 24.8 Å². The van der Waals surface area contributed by atoms with Gasteiger partial charge in [-0.1, -0.05) is 0 Å². The molecule has 2 aromatic heterocycles. The van der Waals surface area contributed by atoms with Crippen LogP contribution in [0.4, 0.5) is 4.39 Å². The summed E-state index contributed by atoms with van der Waals surface area (Å²) in [6.07, 6.45) is 0.996. The monoisotopic (exact) mass is 390 g/mol. The number of nitrogens with one attached hydrogen (secondary N) is 1. The summed E-state index contributed by atoms with van der Waals surface area (Å²) in [6, 6.07) is 2.55. The number of carbonyl (C=O) groups is 1. The molecule has 1 amide bonds. The quantitative estimate of drug-likeness (QED) is 0.679. The number of pyridine rings is 2. The second-order valence-corrected chi connectivity index (χ2v) is 6.83. The summed E-state index contributed by atoms with van der Waals surface area (Å²) in [5, 5.41) is 23.4. The van der Waals surface area contributed by atoms with Crippen LogP contribution in [0.3, 0.4) is 0 Å². The van der Waals surface area contributed by atoms with E-state index in [-0.39, 0.29) is 36.1 Å². The smallest absolute Gasteiger partial charge is 0.257 e. The van der Waals surface area contributed by atoms with Crippen LogP contribution in [0, 0.1) is 5.82 Å². The van der Waals surface area contributed by atoms with Gasteiger partial charge in [-0.2, -0.15) is 0 Å². The van der Waals surface area contributed by atoms with E-state index in [1.807, 2.05) is 6.92 Å².